The van der Waals surface area contributed by atoms with Crippen molar-refractivity contribution in [3.05, 3.63) is 29.6 Å². The lowest BCUT2D eigenvalue weighted by Gasteiger charge is -2.14. The average Bonchev–Trinajstić information content (AvgIpc) is 2.38. The van der Waals surface area contributed by atoms with Crippen LogP contribution in [0.1, 0.15) is 30.9 Å². The molecule has 0 aliphatic carbocycles. The Morgan fingerprint density at radius 2 is 2.28 bits per heavy atom. The van der Waals surface area contributed by atoms with Crippen LogP contribution in [0.25, 0.3) is 0 Å². The highest BCUT2D eigenvalue weighted by Gasteiger charge is 2.14. The molecule has 0 saturated heterocycles. The summed E-state index contributed by atoms with van der Waals surface area (Å²) in [4.78, 5) is 11.0. The predicted molar refractivity (Wildman–Crippen MR) is 65.8 cm³/mol. The molecule has 1 unspecified atom stereocenters. The minimum atomic E-state index is -0.833. The minimum Gasteiger partial charge on any atom is -0.496 e. The lowest BCUT2D eigenvalue weighted by molar-refractivity contribution is -0.120. The van der Waals surface area contributed by atoms with Crippen molar-refractivity contribution in [2.75, 3.05) is 14.2 Å². The monoisotopic (exact) mass is 255 g/mol. The van der Waals surface area contributed by atoms with Crippen LogP contribution in [0, 0.1) is 5.82 Å². The Bertz CT molecular complexity index is 409. The van der Waals surface area contributed by atoms with Crippen LogP contribution in [0.4, 0.5) is 4.39 Å². The topological polar surface area (TPSA) is 58.6 Å². The summed E-state index contributed by atoms with van der Waals surface area (Å²) in [7, 11) is 3.03. The molecule has 2 N–H and O–H groups in total. The third kappa shape index (κ3) is 4.00. The molecule has 0 bridgehead atoms. The first-order valence-corrected chi connectivity index (χ1v) is 5.80. The number of methoxy groups -OCH3 is 1. The van der Waals surface area contributed by atoms with Gasteiger partial charge < -0.3 is 15.2 Å². The van der Waals surface area contributed by atoms with Gasteiger partial charge >= 0.3 is 0 Å². The number of ether oxygens (including phenoxy) is 1. The Morgan fingerprint density at radius 3 is 2.89 bits per heavy atom. The molecule has 1 amide bonds. The van der Waals surface area contributed by atoms with Gasteiger partial charge in [0.15, 0.2) is 0 Å². The Morgan fingerprint density at radius 1 is 1.56 bits per heavy atom. The average molecular weight is 255 g/mol. The van der Waals surface area contributed by atoms with Gasteiger partial charge in [-0.25, -0.2) is 4.39 Å². The summed E-state index contributed by atoms with van der Waals surface area (Å²) in [6.45, 7) is 0. The summed E-state index contributed by atoms with van der Waals surface area (Å²) in [5, 5.41) is 12.5. The number of hydrogen-bond donors (Lipinski definition) is 2. The Kier molecular flexibility index (Phi) is 5.58. The van der Waals surface area contributed by atoms with Crippen molar-refractivity contribution < 1.29 is 19.0 Å². The molecule has 100 valence electrons. The largest absolute Gasteiger partial charge is 0.496 e. The standard InChI is InChI=1S/C13H18FNO3/c1-15-13(17)5-3-4-11(16)10-8-9(14)6-7-12(10)18-2/h6-8,11,16H,3-5H2,1-2H3,(H,15,17). The Hall–Kier alpha value is -1.62. The van der Waals surface area contributed by atoms with Crippen molar-refractivity contribution in [3.63, 3.8) is 0 Å². The molecule has 1 aromatic carbocycles. The van der Waals surface area contributed by atoms with Gasteiger partial charge in [-0.15, -0.1) is 0 Å². The van der Waals surface area contributed by atoms with Crippen LogP contribution in [-0.4, -0.2) is 25.2 Å². The summed E-state index contributed by atoms with van der Waals surface area (Å²) in [5.41, 5.74) is 0.411. The van der Waals surface area contributed by atoms with Gasteiger partial charge in [0.25, 0.3) is 0 Å². The van der Waals surface area contributed by atoms with Crippen LogP contribution in [0.5, 0.6) is 5.75 Å². The van der Waals surface area contributed by atoms with E-state index in [1.54, 1.807) is 7.05 Å². The lowest BCUT2D eigenvalue weighted by Crippen LogP contribution is -2.17. The maximum atomic E-state index is 13.1. The number of aliphatic hydroxyl groups is 1. The summed E-state index contributed by atoms with van der Waals surface area (Å²) in [5.74, 6) is -0.0478. The number of aliphatic hydroxyl groups excluding tert-OH is 1. The van der Waals surface area contributed by atoms with E-state index in [4.69, 9.17) is 4.74 Å². The van der Waals surface area contributed by atoms with Crippen molar-refractivity contribution in [1.29, 1.82) is 0 Å². The number of carbonyl (C=O) groups is 1. The third-order valence-corrected chi connectivity index (χ3v) is 2.71. The van der Waals surface area contributed by atoms with E-state index < -0.39 is 11.9 Å². The second-order valence-corrected chi connectivity index (χ2v) is 3.97. The van der Waals surface area contributed by atoms with Gasteiger partial charge in [0, 0.05) is 19.0 Å². The SMILES string of the molecule is CNC(=O)CCCC(O)c1cc(F)ccc1OC. The molecule has 0 radical (unpaired) electrons. The zero-order valence-electron chi connectivity index (χ0n) is 10.6. The number of halogens is 1. The van der Waals surface area contributed by atoms with E-state index in [1.807, 2.05) is 0 Å². The molecule has 4 nitrogen and oxygen atoms in total. The van der Waals surface area contributed by atoms with Crippen molar-refractivity contribution in [1.82, 2.24) is 5.32 Å². The highest BCUT2D eigenvalue weighted by Crippen LogP contribution is 2.29. The second-order valence-electron chi connectivity index (χ2n) is 3.97. The van der Waals surface area contributed by atoms with E-state index in [0.717, 1.165) is 0 Å². The van der Waals surface area contributed by atoms with Gasteiger partial charge in [0.05, 0.1) is 13.2 Å². The van der Waals surface area contributed by atoms with E-state index in [2.05, 4.69) is 5.32 Å². The predicted octanol–water partition coefficient (Wildman–Crippen LogP) is 1.78. The molecular formula is C13H18FNO3. The summed E-state index contributed by atoms with van der Waals surface area (Å²) in [6.07, 6.45) is 0.416. The van der Waals surface area contributed by atoms with Crippen molar-refractivity contribution in [3.8, 4) is 5.75 Å². The van der Waals surface area contributed by atoms with Gasteiger partial charge in [-0.2, -0.15) is 0 Å². The Labute approximate surface area is 106 Å². The van der Waals surface area contributed by atoms with Crippen molar-refractivity contribution in [2.45, 2.75) is 25.4 Å². The fraction of sp³-hybridized carbons (Fsp3) is 0.462. The molecular weight excluding hydrogens is 237 g/mol. The molecule has 0 fully saturated rings. The molecule has 1 rings (SSSR count). The summed E-state index contributed by atoms with van der Waals surface area (Å²) >= 11 is 0. The van der Waals surface area contributed by atoms with Gasteiger partial charge in [-0.05, 0) is 31.0 Å². The van der Waals surface area contributed by atoms with E-state index in [9.17, 15) is 14.3 Å². The fourth-order valence-corrected chi connectivity index (χ4v) is 1.70. The second kappa shape index (κ2) is 6.96. The first-order chi connectivity index (χ1) is 8.58. The van der Waals surface area contributed by atoms with E-state index in [1.165, 1.54) is 25.3 Å². The molecule has 0 spiro atoms. The Balaban J connectivity index is 2.62. The van der Waals surface area contributed by atoms with Crippen LogP contribution in [-0.2, 0) is 4.79 Å². The van der Waals surface area contributed by atoms with Crippen LogP contribution in [0.15, 0.2) is 18.2 Å². The highest BCUT2D eigenvalue weighted by molar-refractivity contribution is 5.75. The number of amides is 1. The molecule has 5 heteroatoms. The molecule has 0 heterocycles. The maximum Gasteiger partial charge on any atom is 0.219 e. The number of nitrogens with one attached hydrogen (secondary N) is 1. The zero-order chi connectivity index (χ0) is 13.5. The number of hydrogen-bond acceptors (Lipinski definition) is 3. The van der Waals surface area contributed by atoms with Crippen molar-refractivity contribution in [2.24, 2.45) is 0 Å². The number of benzene rings is 1. The molecule has 0 aromatic heterocycles. The van der Waals surface area contributed by atoms with Crippen LogP contribution in [0.3, 0.4) is 0 Å². The third-order valence-electron chi connectivity index (χ3n) is 2.71. The van der Waals surface area contributed by atoms with E-state index in [-0.39, 0.29) is 5.91 Å². The van der Waals surface area contributed by atoms with Crippen LogP contribution in [0.2, 0.25) is 0 Å². The molecule has 18 heavy (non-hydrogen) atoms. The molecule has 0 saturated carbocycles. The quantitative estimate of drug-likeness (QED) is 0.814. The maximum absolute atomic E-state index is 13.1. The lowest BCUT2D eigenvalue weighted by atomic mass is 10.0. The molecule has 1 atom stereocenters. The first-order valence-electron chi connectivity index (χ1n) is 5.80. The fourth-order valence-electron chi connectivity index (χ4n) is 1.70. The molecule has 0 aliphatic heterocycles. The molecule has 1 aromatic rings. The van der Waals surface area contributed by atoms with Gasteiger partial charge in [0.1, 0.15) is 11.6 Å². The van der Waals surface area contributed by atoms with Gasteiger partial charge in [0.2, 0.25) is 5.91 Å². The highest BCUT2D eigenvalue weighted by atomic mass is 19.1. The summed E-state index contributed by atoms with van der Waals surface area (Å²) in [6, 6.07) is 4.01. The first kappa shape index (κ1) is 14.4. The summed E-state index contributed by atoms with van der Waals surface area (Å²) < 4.78 is 18.2. The van der Waals surface area contributed by atoms with E-state index >= 15 is 0 Å². The van der Waals surface area contributed by atoms with Crippen molar-refractivity contribution >= 4 is 5.91 Å². The van der Waals surface area contributed by atoms with Crippen LogP contribution >= 0.6 is 0 Å². The van der Waals surface area contributed by atoms with E-state index in [0.29, 0.717) is 30.6 Å². The minimum absolute atomic E-state index is 0.0755. The normalized spacial score (nSPS) is 12.0. The van der Waals surface area contributed by atoms with Gasteiger partial charge in [-0.3, -0.25) is 4.79 Å². The van der Waals surface area contributed by atoms with Crippen LogP contribution < -0.4 is 10.1 Å². The number of carbonyl (C=O) groups excluding carboxylic acids is 1. The van der Waals surface area contributed by atoms with Gasteiger partial charge in [-0.1, -0.05) is 0 Å². The molecule has 0 aliphatic rings. The number of rotatable bonds is 6. The zero-order valence-corrected chi connectivity index (χ0v) is 10.6. The smallest absolute Gasteiger partial charge is 0.219 e.